The predicted octanol–water partition coefficient (Wildman–Crippen LogP) is 3.43. The van der Waals surface area contributed by atoms with E-state index in [-0.39, 0.29) is 30.6 Å². The largest absolute Gasteiger partial charge is 0.444 e. The molecule has 2 atom stereocenters. The van der Waals surface area contributed by atoms with Crippen LogP contribution >= 0.6 is 0 Å². The first-order valence-corrected chi connectivity index (χ1v) is 10.7. The zero-order valence-corrected chi connectivity index (χ0v) is 19.9. The summed E-state index contributed by atoms with van der Waals surface area (Å²) in [6.45, 7) is 9.45. The van der Waals surface area contributed by atoms with Crippen LogP contribution in [0.5, 0.6) is 0 Å². The summed E-state index contributed by atoms with van der Waals surface area (Å²) in [6, 6.07) is 5.41. The molecule has 1 aromatic rings. The van der Waals surface area contributed by atoms with Gasteiger partial charge in [-0.1, -0.05) is 12.1 Å². The number of hydrogen-bond acceptors (Lipinski definition) is 6. The van der Waals surface area contributed by atoms with Gasteiger partial charge in [-0.3, -0.25) is 14.5 Å². The zero-order chi connectivity index (χ0) is 25.0. The second-order valence-corrected chi connectivity index (χ2v) is 9.83. The SMILES string of the molecule is CC(C)(C)OC(=O)NC[C@H](F)C[C@@H](CN1C(=O)c2ccccc2C1=O)NC(=O)OC(C)(C)C. The monoisotopic (exact) mass is 465 g/mol. The van der Waals surface area contributed by atoms with E-state index in [4.69, 9.17) is 9.47 Å². The van der Waals surface area contributed by atoms with E-state index in [2.05, 4.69) is 10.6 Å². The quantitative estimate of drug-likeness (QED) is 0.597. The average Bonchev–Trinajstić information content (AvgIpc) is 2.89. The van der Waals surface area contributed by atoms with Gasteiger partial charge < -0.3 is 20.1 Å². The molecule has 0 bridgehead atoms. The van der Waals surface area contributed by atoms with Crippen molar-refractivity contribution in [3.8, 4) is 0 Å². The van der Waals surface area contributed by atoms with E-state index >= 15 is 0 Å². The maximum absolute atomic E-state index is 14.7. The number of halogens is 1. The Morgan fingerprint density at radius 2 is 1.42 bits per heavy atom. The Hall–Kier alpha value is -3.17. The molecule has 9 nitrogen and oxygen atoms in total. The van der Waals surface area contributed by atoms with Gasteiger partial charge in [0.25, 0.3) is 11.8 Å². The molecule has 0 saturated heterocycles. The van der Waals surface area contributed by atoms with Crippen LogP contribution < -0.4 is 10.6 Å². The first-order valence-electron chi connectivity index (χ1n) is 10.7. The van der Waals surface area contributed by atoms with Crippen molar-refractivity contribution < 1.29 is 33.0 Å². The number of carbonyl (C=O) groups excluding carboxylic acids is 4. The van der Waals surface area contributed by atoms with Gasteiger partial charge >= 0.3 is 12.2 Å². The minimum absolute atomic E-state index is 0.252. The van der Waals surface area contributed by atoms with Gasteiger partial charge in [0.15, 0.2) is 0 Å². The Morgan fingerprint density at radius 1 is 0.939 bits per heavy atom. The molecular formula is C23H32FN3O6. The fourth-order valence-electron chi connectivity index (χ4n) is 3.18. The van der Waals surface area contributed by atoms with Crippen molar-refractivity contribution in [1.82, 2.24) is 15.5 Å². The Labute approximate surface area is 193 Å². The molecule has 1 aromatic carbocycles. The zero-order valence-electron chi connectivity index (χ0n) is 19.9. The van der Waals surface area contributed by atoms with Gasteiger partial charge in [-0.25, -0.2) is 14.0 Å². The number of fused-ring (bicyclic) bond motifs is 1. The maximum Gasteiger partial charge on any atom is 0.407 e. The first-order chi connectivity index (χ1) is 15.2. The molecule has 4 amide bonds. The Bertz CT molecular complexity index is 871. The summed E-state index contributed by atoms with van der Waals surface area (Å²) >= 11 is 0. The van der Waals surface area contributed by atoms with Crippen molar-refractivity contribution in [3.05, 3.63) is 35.4 Å². The molecule has 1 aliphatic heterocycles. The number of carbonyl (C=O) groups is 4. The molecule has 0 aliphatic carbocycles. The average molecular weight is 466 g/mol. The van der Waals surface area contributed by atoms with Crippen molar-refractivity contribution in [2.24, 2.45) is 0 Å². The molecule has 1 aliphatic rings. The topological polar surface area (TPSA) is 114 Å². The minimum atomic E-state index is -1.59. The molecule has 0 unspecified atom stereocenters. The van der Waals surface area contributed by atoms with Crippen LogP contribution in [-0.2, 0) is 9.47 Å². The summed E-state index contributed by atoms with van der Waals surface area (Å²) in [4.78, 5) is 50.4. The Balaban J connectivity index is 2.07. The molecule has 182 valence electrons. The van der Waals surface area contributed by atoms with E-state index in [1.165, 1.54) is 12.1 Å². The molecule has 0 fully saturated rings. The van der Waals surface area contributed by atoms with Gasteiger partial charge in [0.2, 0.25) is 0 Å². The molecular weight excluding hydrogens is 433 g/mol. The highest BCUT2D eigenvalue weighted by molar-refractivity contribution is 6.21. The highest BCUT2D eigenvalue weighted by Crippen LogP contribution is 2.23. The van der Waals surface area contributed by atoms with Crippen molar-refractivity contribution >= 4 is 24.0 Å². The van der Waals surface area contributed by atoms with Crippen molar-refractivity contribution in [2.75, 3.05) is 13.1 Å². The van der Waals surface area contributed by atoms with Gasteiger partial charge in [0.1, 0.15) is 17.4 Å². The van der Waals surface area contributed by atoms with E-state index < -0.39 is 47.4 Å². The molecule has 0 saturated carbocycles. The van der Waals surface area contributed by atoms with Gasteiger partial charge in [-0.15, -0.1) is 0 Å². The van der Waals surface area contributed by atoms with E-state index in [9.17, 15) is 23.6 Å². The molecule has 2 N–H and O–H groups in total. The Kier molecular flexibility index (Phi) is 8.05. The van der Waals surface area contributed by atoms with Crippen LogP contribution in [-0.4, -0.2) is 65.4 Å². The third kappa shape index (κ3) is 8.03. The summed E-state index contributed by atoms with van der Waals surface area (Å²) in [5.41, 5.74) is -1.02. The van der Waals surface area contributed by atoms with E-state index in [1.54, 1.807) is 53.7 Å². The number of ether oxygens (including phenoxy) is 2. The number of benzene rings is 1. The van der Waals surface area contributed by atoms with Crippen LogP contribution in [0.15, 0.2) is 24.3 Å². The number of hydrogen-bond donors (Lipinski definition) is 2. The fourth-order valence-corrected chi connectivity index (χ4v) is 3.18. The van der Waals surface area contributed by atoms with Crippen LogP contribution in [0.2, 0.25) is 0 Å². The predicted molar refractivity (Wildman–Crippen MR) is 119 cm³/mol. The lowest BCUT2D eigenvalue weighted by Crippen LogP contribution is -2.49. The molecule has 33 heavy (non-hydrogen) atoms. The van der Waals surface area contributed by atoms with Crippen LogP contribution in [0.3, 0.4) is 0 Å². The normalized spacial score (nSPS) is 15.5. The molecule has 10 heteroatoms. The number of nitrogens with one attached hydrogen (secondary N) is 2. The van der Waals surface area contributed by atoms with Gasteiger partial charge in [-0.2, -0.15) is 0 Å². The number of alkyl halides is 1. The first kappa shape index (κ1) is 26.1. The summed E-state index contributed by atoms with van der Waals surface area (Å²) < 4.78 is 25.0. The highest BCUT2D eigenvalue weighted by Gasteiger charge is 2.37. The lowest BCUT2D eigenvalue weighted by Gasteiger charge is -2.27. The molecule has 1 heterocycles. The smallest absolute Gasteiger partial charge is 0.407 e. The lowest BCUT2D eigenvalue weighted by atomic mass is 10.1. The van der Waals surface area contributed by atoms with E-state index in [0.717, 1.165) is 4.90 Å². The van der Waals surface area contributed by atoms with Crippen LogP contribution in [0.1, 0.15) is 68.7 Å². The van der Waals surface area contributed by atoms with Gasteiger partial charge in [0.05, 0.1) is 23.7 Å². The van der Waals surface area contributed by atoms with Crippen molar-refractivity contribution in [1.29, 1.82) is 0 Å². The Morgan fingerprint density at radius 3 is 1.91 bits per heavy atom. The number of alkyl carbamates (subject to hydrolysis) is 2. The van der Waals surface area contributed by atoms with E-state index in [0.29, 0.717) is 0 Å². The van der Waals surface area contributed by atoms with Gasteiger partial charge in [0, 0.05) is 13.0 Å². The van der Waals surface area contributed by atoms with E-state index in [1.807, 2.05) is 0 Å². The second-order valence-electron chi connectivity index (χ2n) is 9.83. The fraction of sp³-hybridized carbons (Fsp3) is 0.565. The molecule has 0 spiro atoms. The molecule has 0 radical (unpaired) electrons. The highest BCUT2D eigenvalue weighted by atomic mass is 19.1. The number of rotatable bonds is 7. The van der Waals surface area contributed by atoms with Crippen LogP contribution in [0.4, 0.5) is 14.0 Å². The third-order valence-corrected chi connectivity index (χ3v) is 4.41. The van der Waals surface area contributed by atoms with Crippen molar-refractivity contribution in [2.45, 2.75) is 71.4 Å². The lowest BCUT2D eigenvalue weighted by molar-refractivity contribution is 0.0442. The van der Waals surface area contributed by atoms with Gasteiger partial charge in [-0.05, 0) is 53.7 Å². The third-order valence-electron chi connectivity index (χ3n) is 4.41. The summed E-state index contributed by atoms with van der Waals surface area (Å²) in [6.07, 6.45) is -3.45. The minimum Gasteiger partial charge on any atom is -0.444 e. The van der Waals surface area contributed by atoms with Crippen LogP contribution in [0.25, 0.3) is 0 Å². The standard InChI is InChI=1S/C23H32FN3O6/c1-22(2,3)32-20(30)25-12-14(24)11-15(26-21(31)33-23(4,5)6)13-27-18(28)16-9-7-8-10-17(16)19(27)29/h7-10,14-15H,11-13H2,1-6H3,(H,25,30)(H,26,31)/t14-,15+/m1/s1. The summed E-state index contributed by atoms with van der Waals surface area (Å²) in [7, 11) is 0. The summed E-state index contributed by atoms with van der Waals surface area (Å²) in [5.74, 6) is -1.04. The number of imide groups is 1. The summed E-state index contributed by atoms with van der Waals surface area (Å²) in [5, 5.41) is 4.87. The number of amides is 4. The molecule has 2 rings (SSSR count). The van der Waals surface area contributed by atoms with Crippen molar-refractivity contribution in [3.63, 3.8) is 0 Å². The van der Waals surface area contributed by atoms with Crippen LogP contribution in [0, 0.1) is 0 Å². The number of nitrogens with zero attached hydrogens (tertiary/aromatic N) is 1. The second kappa shape index (κ2) is 10.2. The molecule has 0 aromatic heterocycles. The maximum atomic E-state index is 14.7.